The van der Waals surface area contributed by atoms with E-state index >= 15 is 0 Å². The van der Waals surface area contributed by atoms with Crippen molar-refractivity contribution in [3.05, 3.63) is 24.3 Å². The number of carbonyl (C=O) groups is 1. The van der Waals surface area contributed by atoms with Crippen LogP contribution in [0.5, 0.6) is 0 Å². The number of nitrogens with one attached hydrogen (secondary N) is 1. The van der Waals surface area contributed by atoms with Crippen LogP contribution in [0.15, 0.2) is 24.3 Å². The lowest BCUT2D eigenvalue weighted by Crippen LogP contribution is -2.33. The molecular formula is C16H25N3O. The molecule has 1 aromatic rings. The third-order valence-electron chi connectivity index (χ3n) is 3.62. The Labute approximate surface area is 121 Å². The molecule has 3 N–H and O–H groups in total. The van der Waals surface area contributed by atoms with Crippen LogP contribution in [-0.2, 0) is 4.79 Å². The summed E-state index contributed by atoms with van der Waals surface area (Å²) in [6, 6.07) is 8.03. The first kappa shape index (κ1) is 14.9. The average Bonchev–Trinajstić information content (AvgIpc) is 2.90. The Kier molecular flexibility index (Phi) is 4.65. The average molecular weight is 275 g/mol. The second-order valence-corrected chi connectivity index (χ2v) is 6.25. The number of rotatable bonds is 5. The summed E-state index contributed by atoms with van der Waals surface area (Å²) < 4.78 is 0. The fourth-order valence-corrected chi connectivity index (χ4v) is 2.46. The van der Waals surface area contributed by atoms with E-state index in [1.54, 1.807) is 0 Å². The van der Waals surface area contributed by atoms with Crippen molar-refractivity contribution in [2.75, 3.05) is 23.3 Å². The summed E-state index contributed by atoms with van der Waals surface area (Å²) in [7, 11) is 0. The fourth-order valence-electron chi connectivity index (χ4n) is 2.46. The highest BCUT2D eigenvalue weighted by Gasteiger charge is 2.17. The van der Waals surface area contributed by atoms with Gasteiger partial charge in [0.2, 0.25) is 5.91 Å². The summed E-state index contributed by atoms with van der Waals surface area (Å²) in [5, 5.41) is 3.02. The number of hydrogen-bond acceptors (Lipinski definition) is 3. The minimum atomic E-state index is -0.300. The van der Waals surface area contributed by atoms with E-state index in [0.29, 0.717) is 12.8 Å². The van der Waals surface area contributed by atoms with Crippen molar-refractivity contribution in [1.29, 1.82) is 0 Å². The monoisotopic (exact) mass is 275 g/mol. The molecule has 1 aromatic carbocycles. The second-order valence-electron chi connectivity index (χ2n) is 6.25. The van der Waals surface area contributed by atoms with Gasteiger partial charge in [0.05, 0.1) is 11.4 Å². The van der Waals surface area contributed by atoms with E-state index in [4.69, 9.17) is 5.73 Å². The maximum Gasteiger partial charge on any atom is 0.224 e. The maximum atomic E-state index is 12.0. The molecule has 4 heteroatoms. The number of hydrogen-bond donors (Lipinski definition) is 2. The van der Waals surface area contributed by atoms with Gasteiger partial charge in [-0.25, -0.2) is 0 Å². The van der Waals surface area contributed by atoms with Crippen LogP contribution in [0.2, 0.25) is 0 Å². The number of benzene rings is 1. The third-order valence-corrected chi connectivity index (χ3v) is 3.62. The molecule has 1 amide bonds. The Balaban J connectivity index is 2.00. The zero-order valence-electron chi connectivity index (χ0n) is 12.5. The topological polar surface area (TPSA) is 58.4 Å². The molecule has 4 nitrogen and oxygen atoms in total. The Morgan fingerprint density at radius 1 is 1.30 bits per heavy atom. The van der Waals surface area contributed by atoms with Crippen LogP contribution in [-0.4, -0.2) is 24.5 Å². The van der Waals surface area contributed by atoms with E-state index in [0.717, 1.165) is 24.5 Å². The molecule has 110 valence electrons. The van der Waals surface area contributed by atoms with Crippen molar-refractivity contribution in [1.82, 2.24) is 0 Å². The Morgan fingerprint density at radius 2 is 1.95 bits per heavy atom. The van der Waals surface area contributed by atoms with E-state index in [1.165, 1.54) is 12.8 Å². The van der Waals surface area contributed by atoms with E-state index in [-0.39, 0.29) is 11.4 Å². The van der Waals surface area contributed by atoms with Gasteiger partial charge < -0.3 is 16.0 Å². The summed E-state index contributed by atoms with van der Waals surface area (Å²) in [5.41, 5.74) is 7.66. The minimum absolute atomic E-state index is 0.0372. The number of para-hydroxylation sites is 2. The molecule has 1 saturated heterocycles. The lowest BCUT2D eigenvalue weighted by Gasteiger charge is -2.22. The van der Waals surface area contributed by atoms with Gasteiger partial charge in [-0.3, -0.25) is 4.79 Å². The van der Waals surface area contributed by atoms with Crippen molar-refractivity contribution in [2.24, 2.45) is 5.73 Å². The first-order chi connectivity index (χ1) is 9.46. The Hall–Kier alpha value is -1.55. The summed E-state index contributed by atoms with van der Waals surface area (Å²) >= 11 is 0. The highest BCUT2D eigenvalue weighted by molar-refractivity contribution is 5.94. The first-order valence-corrected chi connectivity index (χ1v) is 7.38. The molecule has 0 saturated carbocycles. The summed E-state index contributed by atoms with van der Waals surface area (Å²) in [6.45, 7) is 6.03. The van der Waals surface area contributed by atoms with Gasteiger partial charge in [-0.1, -0.05) is 12.1 Å². The van der Waals surface area contributed by atoms with Crippen LogP contribution in [0.3, 0.4) is 0 Å². The zero-order chi connectivity index (χ0) is 14.6. The van der Waals surface area contributed by atoms with Crippen LogP contribution in [0.4, 0.5) is 11.4 Å². The molecule has 1 aliphatic heterocycles. The van der Waals surface area contributed by atoms with E-state index in [9.17, 15) is 4.79 Å². The molecule has 0 unspecified atom stereocenters. The van der Waals surface area contributed by atoms with Gasteiger partial charge in [0.1, 0.15) is 0 Å². The molecule has 0 atom stereocenters. The molecule has 1 aliphatic rings. The number of nitrogens with zero attached hydrogens (tertiary/aromatic N) is 1. The van der Waals surface area contributed by atoms with Gasteiger partial charge in [0.15, 0.2) is 0 Å². The third kappa shape index (κ3) is 4.23. The summed E-state index contributed by atoms with van der Waals surface area (Å²) in [5.74, 6) is 0.0372. The van der Waals surface area contributed by atoms with E-state index in [2.05, 4.69) is 16.3 Å². The SMILES string of the molecule is CC(C)(N)CCC(=O)Nc1ccccc1N1CCCC1. The van der Waals surface area contributed by atoms with Gasteiger partial charge in [0, 0.05) is 25.0 Å². The first-order valence-electron chi connectivity index (χ1n) is 7.38. The molecule has 20 heavy (non-hydrogen) atoms. The van der Waals surface area contributed by atoms with Gasteiger partial charge in [-0.05, 0) is 45.2 Å². The van der Waals surface area contributed by atoms with Crippen LogP contribution >= 0.6 is 0 Å². The smallest absolute Gasteiger partial charge is 0.224 e. The van der Waals surface area contributed by atoms with Gasteiger partial charge in [0.25, 0.3) is 0 Å². The number of amides is 1. The zero-order valence-corrected chi connectivity index (χ0v) is 12.5. The predicted molar refractivity (Wildman–Crippen MR) is 84.0 cm³/mol. The highest BCUT2D eigenvalue weighted by atomic mass is 16.1. The van der Waals surface area contributed by atoms with Crippen LogP contribution in [0, 0.1) is 0 Å². The largest absolute Gasteiger partial charge is 0.370 e. The molecule has 1 fully saturated rings. The molecular weight excluding hydrogens is 250 g/mol. The van der Waals surface area contributed by atoms with Crippen molar-refractivity contribution < 1.29 is 4.79 Å². The van der Waals surface area contributed by atoms with Gasteiger partial charge in [-0.15, -0.1) is 0 Å². The molecule has 0 aliphatic carbocycles. The second kappa shape index (κ2) is 6.27. The number of carbonyl (C=O) groups excluding carboxylic acids is 1. The molecule has 0 bridgehead atoms. The van der Waals surface area contributed by atoms with Crippen LogP contribution in [0.25, 0.3) is 0 Å². The molecule has 0 aromatic heterocycles. The number of anilines is 2. The Bertz CT molecular complexity index is 459. The minimum Gasteiger partial charge on any atom is -0.370 e. The molecule has 1 heterocycles. The van der Waals surface area contributed by atoms with E-state index in [1.807, 2.05) is 32.0 Å². The van der Waals surface area contributed by atoms with Crippen molar-refractivity contribution >= 4 is 17.3 Å². The van der Waals surface area contributed by atoms with Crippen LogP contribution in [0.1, 0.15) is 39.5 Å². The molecule has 0 radical (unpaired) electrons. The summed E-state index contributed by atoms with van der Waals surface area (Å²) in [6.07, 6.45) is 3.59. The summed E-state index contributed by atoms with van der Waals surface area (Å²) in [4.78, 5) is 14.4. The Morgan fingerprint density at radius 3 is 2.60 bits per heavy atom. The normalized spacial score (nSPS) is 15.4. The molecule has 2 rings (SSSR count). The van der Waals surface area contributed by atoms with Gasteiger partial charge >= 0.3 is 0 Å². The van der Waals surface area contributed by atoms with Gasteiger partial charge in [-0.2, -0.15) is 0 Å². The quantitative estimate of drug-likeness (QED) is 0.868. The van der Waals surface area contributed by atoms with Crippen molar-refractivity contribution in [3.8, 4) is 0 Å². The van der Waals surface area contributed by atoms with Crippen LogP contribution < -0.4 is 16.0 Å². The molecule has 0 spiro atoms. The number of nitrogens with two attached hydrogens (primary N) is 1. The fraction of sp³-hybridized carbons (Fsp3) is 0.562. The highest BCUT2D eigenvalue weighted by Crippen LogP contribution is 2.28. The standard InChI is InChI=1S/C16H25N3O/c1-16(2,17)10-9-15(20)18-13-7-3-4-8-14(13)19-11-5-6-12-19/h3-4,7-8H,5-6,9-12,17H2,1-2H3,(H,18,20). The van der Waals surface area contributed by atoms with E-state index < -0.39 is 0 Å². The lowest BCUT2D eigenvalue weighted by molar-refractivity contribution is -0.116. The van der Waals surface area contributed by atoms with Crippen molar-refractivity contribution in [3.63, 3.8) is 0 Å². The predicted octanol–water partition coefficient (Wildman–Crippen LogP) is 2.74. The lowest BCUT2D eigenvalue weighted by atomic mass is 10.00. The maximum absolute atomic E-state index is 12.0. The van der Waals surface area contributed by atoms with Crippen molar-refractivity contribution in [2.45, 2.75) is 45.1 Å².